The van der Waals surface area contributed by atoms with Gasteiger partial charge in [0.1, 0.15) is 73.2 Å². The summed E-state index contributed by atoms with van der Waals surface area (Å²) in [5.41, 5.74) is 0. The molecule has 3 aliphatic heterocycles. The van der Waals surface area contributed by atoms with Gasteiger partial charge in [-0.05, 0) is 109 Å². The van der Waals surface area contributed by atoms with Crippen molar-refractivity contribution in [2.75, 3.05) is 26.4 Å². The molecular formula is C75H121NO18. The van der Waals surface area contributed by atoms with Crippen molar-refractivity contribution in [3.8, 4) is 0 Å². The minimum absolute atomic E-state index is 0.208. The fraction of sp³-hybridized carbons (Fsp3) is 0.667. The molecule has 12 N–H and O–H groups in total. The van der Waals surface area contributed by atoms with Gasteiger partial charge in [-0.15, -0.1) is 0 Å². The molecule has 0 bridgehead atoms. The van der Waals surface area contributed by atoms with Crippen LogP contribution >= 0.6 is 0 Å². The molecule has 0 aliphatic carbocycles. The van der Waals surface area contributed by atoms with E-state index >= 15 is 0 Å². The van der Waals surface area contributed by atoms with Crippen molar-refractivity contribution in [3.63, 3.8) is 0 Å². The second-order valence-electron chi connectivity index (χ2n) is 24.2. The maximum absolute atomic E-state index is 13.4. The van der Waals surface area contributed by atoms with Crippen LogP contribution in [0, 0.1) is 0 Å². The summed E-state index contributed by atoms with van der Waals surface area (Å²) in [5, 5.41) is 120. The van der Waals surface area contributed by atoms with Gasteiger partial charge in [0.15, 0.2) is 18.9 Å². The van der Waals surface area contributed by atoms with Crippen molar-refractivity contribution in [1.82, 2.24) is 5.32 Å². The van der Waals surface area contributed by atoms with Gasteiger partial charge in [-0.1, -0.05) is 217 Å². The predicted molar refractivity (Wildman–Crippen MR) is 369 cm³/mol. The minimum Gasteiger partial charge on any atom is -0.394 e. The number of nitrogens with one attached hydrogen (secondary N) is 1. The van der Waals surface area contributed by atoms with Crippen molar-refractivity contribution in [3.05, 3.63) is 146 Å². The van der Waals surface area contributed by atoms with E-state index in [9.17, 15) is 61.0 Å². The van der Waals surface area contributed by atoms with Crippen LogP contribution in [0.1, 0.15) is 187 Å². The van der Waals surface area contributed by atoms with E-state index in [-0.39, 0.29) is 18.9 Å². The van der Waals surface area contributed by atoms with Crippen molar-refractivity contribution in [1.29, 1.82) is 0 Å². The Kier molecular flexibility index (Phi) is 48.8. The van der Waals surface area contributed by atoms with E-state index in [2.05, 4.69) is 153 Å². The Hall–Kier alpha value is -4.33. The molecule has 0 aromatic carbocycles. The van der Waals surface area contributed by atoms with Crippen LogP contribution in [0.5, 0.6) is 0 Å². The number of carbonyl (C=O) groups is 1. The van der Waals surface area contributed by atoms with E-state index < -0.39 is 124 Å². The summed E-state index contributed by atoms with van der Waals surface area (Å²) in [5.74, 6) is -0.309. The lowest BCUT2D eigenvalue weighted by atomic mass is 9.96. The molecule has 3 aliphatic rings. The fourth-order valence-corrected chi connectivity index (χ4v) is 10.7. The molecule has 0 aromatic rings. The largest absolute Gasteiger partial charge is 0.394 e. The molecule has 17 atom stereocenters. The first-order valence-corrected chi connectivity index (χ1v) is 35.1. The smallest absolute Gasteiger partial charge is 0.220 e. The third-order valence-electron chi connectivity index (χ3n) is 16.4. The minimum atomic E-state index is -1.99. The Labute approximate surface area is 562 Å². The summed E-state index contributed by atoms with van der Waals surface area (Å²) in [6.45, 7) is 1.53. The maximum Gasteiger partial charge on any atom is 0.220 e. The lowest BCUT2D eigenvalue weighted by Crippen LogP contribution is -2.66. The standard InChI is InChI=1S/C75H121NO18/c1-3-5-7-9-11-13-15-17-18-19-20-21-22-23-24-25-26-27-28-29-30-31-32-33-34-35-36-37-38-39-40-41-43-45-47-49-51-53-63(81)76-58(59(80)52-50-48-46-44-42-16-14-12-10-8-6-4-2)57-89-73-69(87)66(84)71(61(55-78)91-73)94-75-70(88)67(85)72(62(56-79)92-75)93-74-68(86)65(83)64(82)60(54-77)90-74/h5,7,11,13,17-18,20-21,23-24,26-27,29-30,32-33,35-36,38-39,42,44,50,52,58-62,64-75,77-80,82-88H,3-4,6,8-10,12,14-16,19,22,25,28,31,34,37,40-41,43,45-49,51,53-57H2,1-2H3,(H,76,81)/b7-5-,13-11-,18-17-,21-20-,24-23-,27-26-,30-29-,33-32-,36-35-,39-38-,44-42+,52-50+. The molecule has 0 radical (unpaired) electrons. The quantitative estimate of drug-likeness (QED) is 0.0199. The Bertz CT molecular complexity index is 2270. The summed E-state index contributed by atoms with van der Waals surface area (Å²) in [6, 6.07) is -1.01. The van der Waals surface area contributed by atoms with E-state index in [0.29, 0.717) is 12.8 Å². The van der Waals surface area contributed by atoms with Gasteiger partial charge < -0.3 is 89.9 Å². The van der Waals surface area contributed by atoms with E-state index in [1.165, 1.54) is 32.1 Å². The third-order valence-corrected chi connectivity index (χ3v) is 16.4. The van der Waals surface area contributed by atoms with Gasteiger partial charge in [0, 0.05) is 6.42 Å². The molecule has 3 fully saturated rings. The first-order chi connectivity index (χ1) is 45.8. The van der Waals surface area contributed by atoms with Gasteiger partial charge in [0.2, 0.25) is 5.91 Å². The summed E-state index contributed by atoms with van der Waals surface area (Å²) >= 11 is 0. The first kappa shape index (κ1) is 83.9. The molecule has 94 heavy (non-hydrogen) atoms. The number of amides is 1. The summed E-state index contributed by atoms with van der Waals surface area (Å²) in [7, 11) is 0. The second kappa shape index (κ2) is 54.7. The highest BCUT2D eigenvalue weighted by atomic mass is 16.8. The van der Waals surface area contributed by atoms with E-state index in [4.69, 9.17) is 28.4 Å². The van der Waals surface area contributed by atoms with Crippen LogP contribution < -0.4 is 5.32 Å². The molecule has 3 saturated heterocycles. The molecular weight excluding hydrogens is 1200 g/mol. The van der Waals surface area contributed by atoms with Crippen LogP contribution in [0.25, 0.3) is 0 Å². The number of rotatable bonds is 51. The van der Waals surface area contributed by atoms with Gasteiger partial charge >= 0.3 is 0 Å². The number of aliphatic hydroxyl groups is 11. The Balaban J connectivity index is 1.37. The zero-order valence-corrected chi connectivity index (χ0v) is 56.4. The number of carbonyl (C=O) groups excluding carboxylic acids is 1. The van der Waals surface area contributed by atoms with Gasteiger partial charge in [0.05, 0.1) is 38.6 Å². The number of ether oxygens (including phenoxy) is 6. The van der Waals surface area contributed by atoms with Crippen molar-refractivity contribution < 1.29 is 89.4 Å². The molecule has 3 rings (SSSR count). The normalized spacial score (nSPS) is 28.3. The summed E-state index contributed by atoms with van der Waals surface area (Å²) < 4.78 is 34.2. The van der Waals surface area contributed by atoms with Crippen LogP contribution in [0.15, 0.2) is 146 Å². The molecule has 19 nitrogen and oxygen atoms in total. The van der Waals surface area contributed by atoms with Gasteiger partial charge in [-0.3, -0.25) is 4.79 Å². The average molecular weight is 1320 g/mol. The zero-order chi connectivity index (χ0) is 68.2. The zero-order valence-electron chi connectivity index (χ0n) is 56.4. The van der Waals surface area contributed by atoms with Crippen LogP contribution in [0.3, 0.4) is 0 Å². The Morgan fingerprint density at radius 1 is 0.394 bits per heavy atom. The number of unbranched alkanes of at least 4 members (excludes halogenated alkanes) is 13. The molecule has 3 heterocycles. The molecule has 1 amide bonds. The lowest BCUT2D eigenvalue weighted by Gasteiger charge is -2.48. The SMILES string of the molecule is CC/C=C\C/C=C\C/C=C\C/C=C\C/C=C\C/C=C\C/C=C\C/C=C\C/C=C\C/C=C\CCCCCCCCC(=O)NC(COC1OC(CO)C(OC2OC(CO)C(OC3OC(CO)C(O)C(O)C3O)C(O)C2O)C(O)C1O)C(O)/C=C/CC/C=C/CCCCCCCC. The maximum atomic E-state index is 13.4. The second-order valence-corrected chi connectivity index (χ2v) is 24.2. The molecule has 0 saturated carbocycles. The number of allylic oxidation sites excluding steroid dienone is 23. The third kappa shape index (κ3) is 35.8. The van der Waals surface area contributed by atoms with Crippen molar-refractivity contribution in [2.24, 2.45) is 0 Å². The monoisotopic (exact) mass is 1320 g/mol. The van der Waals surface area contributed by atoms with Crippen LogP contribution in [-0.2, 0) is 33.2 Å². The fourth-order valence-electron chi connectivity index (χ4n) is 10.7. The average Bonchev–Trinajstić information content (AvgIpc) is 0.794. The highest BCUT2D eigenvalue weighted by Crippen LogP contribution is 2.33. The molecule has 19 heteroatoms. The molecule has 534 valence electrons. The van der Waals surface area contributed by atoms with Gasteiger partial charge in [0.25, 0.3) is 0 Å². The van der Waals surface area contributed by atoms with E-state index in [1.807, 2.05) is 6.08 Å². The molecule has 17 unspecified atom stereocenters. The first-order valence-electron chi connectivity index (χ1n) is 35.1. The van der Waals surface area contributed by atoms with Crippen LogP contribution in [0.4, 0.5) is 0 Å². The lowest BCUT2D eigenvalue weighted by molar-refractivity contribution is -0.379. The predicted octanol–water partition coefficient (Wildman–Crippen LogP) is 9.54. The topological polar surface area (TPSA) is 307 Å². The van der Waals surface area contributed by atoms with Crippen molar-refractivity contribution >= 4 is 5.91 Å². The van der Waals surface area contributed by atoms with Crippen LogP contribution in [-0.4, -0.2) is 193 Å². The van der Waals surface area contributed by atoms with Gasteiger partial charge in [-0.2, -0.15) is 0 Å². The van der Waals surface area contributed by atoms with Crippen molar-refractivity contribution in [2.45, 2.75) is 291 Å². The summed E-state index contributed by atoms with van der Waals surface area (Å²) in [6.07, 6.45) is 51.3. The molecule has 0 spiro atoms. The number of aliphatic hydroxyl groups excluding tert-OH is 11. The molecule has 0 aromatic heterocycles. The van der Waals surface area contributed by atoms with E-state index in [1.54, 1.807) is 6.08 Å². The van der Waals surface area contributed by atoms with E-state index in [0.717, 1.165) is 122 Å². The Morgan fingerprint density at radius 2 is 0.745 bits per heavy atom. The van der Waals surface area contributed by atoms with Gasteiger partial charge in [-0.25, -0.2) is 0 Å². The highest BCUT2D eigenvalue weighted by Gasteiger charge is 2.53. The summed E-state index contributed by atoms with van der Waals surface area (Å²) in [4.78, 5) is 13.4. The Morgan fingerprint density at radius 3 is 1.19 bits per heavy atom. The highest BCUT2D eigenvalue weighted by molar-refractivity contribution is 5.76. The number of hydrogen-bond donors (Lipinski definition) is 12. The van der Waals surface area contributed by atoms with Crippen LogP contribution in [0.2, 0.25) is 0 Å². The number of hydrogen-bond acceptors (Lipinski definition) is 18.